The van der Waals surface area contributed by atoms with Gasteiger partial charge in [-0.25, -0.2) is 0 Å². The van der Waals surface area contributed by atoms with Crippen LogP contribution in [0, 0.1) is 6.92 Å². The molecule has 1 heterocycles. The lowest BCUT2D eigenvalue weighted by Gasteiger charge is -1.85. The second-order valence-corrected chi connectivity index (χ2v) is 2.31. The van der Waals surface area contributed by atoms with E-state index in [0.717, 1.165) is 5.56 Å². The molecule has 0 bridgehead atoms. The second-order valence-electron chi connectivity index (χ2n) is 2.05. The van der Waals surface area contributed by atoms with Crippen LogP contribution in [0.4, 0.5) is 0 Å². The minimum atomic E-state index is -0.172. The standard InChI is InChI=1S/C7H7ClO2/c1-5-2-7(10-4-5)6(9)3-8/h2,4H,3H2,1H3. The smallest absolute Gasteiger partial charge is 0.212 e. The first kappa shape index (κ1) is 7.35. The number of aryl methyl sites for hydroxylation is 1. The van der Waals surface area contributed by atoms with E-state index in [4.69, 9.17) is 16.0 Å². The van der Waals surface area contributed by atoms with Crippen molar-refractivity contribution in [2.45, 2.75) is 6.92 Å². The van der Waals surface area contributed by atoms with E-state index in [9.17, 15) is 4.79 Å². The van der Waals surface area contributed by atoms with Crippen LogP contribution < -0.4 is 0 Å². The van der Waals surface area contributed by atoms with Crippen molar-refractivity contribution < 1.29 is 9.21 Å². The molecule has 54 valence electrons. The number of rotatable bonds is 2. The number of alkyl halides is 1. The Morgan fingerprint density at radius 1 is 1.80 bits per heavy atom. The highest BCUT2D eigenvalue weighted by molar-refractivity contribution is 6.30. The highest BCUT2D eigenvalue weighted by Gasteiger charge is 2.06. The van der Waals surface area contributed by atoms with E-state index >= 15 is 0 Å². The normalized spacial score (nSPS) is 9.80. The Morgan fingerprint density at radius 2 is 2.50 bits per heavy atom. The maximum Gasteiger partial charge on any atom is 0.212 e. The van der Waals surface area contributed by atoms with Crippen LogP contribution in [0.15, 0.2) is 16.7 Å². The van der Waals surface area contributed by atoms with Crippen molar-refractivity contribution >= 4 is 17.4 Å². The minimum absolute atomic E-state index is 0.0209. The third kappa shape index (κ3) is 1.39. The van der Waals surface area contributed by atoms with Crippen LogP contribution in [-0.4, -0.2) is 11.7 Å². The Bertz CT molecular complexity index is 240. The van der Waals surface area contributed by atoms with Crippen molar-refractivity contribution in [2.75, 3.05) is 5.88 Å². The first-order valence-corrected chi connectivity index (χ1v) is 3.42. The fourth-order valence-corrected chi connectivity index (χ4v) is 0.775. The van der Waals surface area contributed by atoms with Crippen molar-refractivity contribution in [1.29, 1.82) is 0 Å². The summed E-state index contributed by atoms with van der Waals surface area (Å²) in [5, 5.41) is 0. The number of carbonyl (C=O) groups is 1. The van der Waals surface area contributed by atoms with Crippen molar-refractivity contribution in [3.8, 4) is 0 Å². The molecule has 3 heteroatoms. The predicted molar refractivity (Wildman–Crippen MR) is 38.5 cm³/mol. The summed E-state index contributed by atoms with van der Waals surface area (Å²) in [4.78, 5) is 10.8. The summed E-state index contributed by atoms with van der Waals surface area (Å²) >= 11 is 5.29. The largest absolute Gasteiger partial charge is 0.461 e. The highest BCUT2D eigenvalue weighted by Crippen LogP contribution is 2.07. The lowest BCUT2D eigenvalue weighted by atomic mass is 10.3. The third-order valence-electron chi connectivity index (χ3n) is 1.13. The van der Waals surface area contributed by atoms with Crippen molar-refractivity contribution in [3.05, 3.63) is 23.7 Å². The minimum Gasteiger partial charge on any atom is -0.461 e. The molecule has 0 aliphatic heterocycles. The lowest BCUT2D eigenvalue weighted by Crippen LogP contribution is -1.96. The maximum absolute atomic E-state index is 10.8. The molecule has 0 saturated heterocycles. The van der Waals surface area contributed by atoms with Gasteiger partial charge in [0.15, 0.2) is 5.76 Å². The van der Waals surface area contributed by atoms with Gasteiger partial charge in [0.05, 0.1) is 12.1 Å². The summed E-state index contributed by atoms with van der Waals surface area (Å²) in [5.41, 5.74) is 0.938. The van der Waals surface area contributed by atoms with Crippen LogP contribution in [0.1, 0.15) is 16.1 Å². The van der Waals surface area contributed by atoms with Gasteiger partial charge in [-0.1, -0.05) is 0 Å². The molecule has 0 fully saturated rings. The van der Waals surface area contributed by atoms with Gasteiger partial charge in [-0.05, 0) is 18.6 Å². The van der Waals surface area contributed by atoms with E-state index in [0.29, 0.717) is 5.76 Å². The summed E-state index contributed by atoms with van der Waals surface area (Å²) in [7, 11) is 0. The molecular formula is C7H7ClO2. The molecule has 0 atom stereocenters. The van der Waals surface area contributed by atoms with Crippen LogP contribution in [0.25, 0.3) is 0 Å². The van der Waals surface area contributed by atoms with Crippen LogP contribution in [0.5, 0.6) is 0 Å². The molecule has 0 saturated carbocycles. The molecule has 1 aromatic heterocycles. The molecule has 2 nitrogen and oxygen atoms in total. The van der Waals surface area contributed by atoms with Crippen molar-refractivity contribution in [1.82, 2.24) is 0 Å². The zero-order valence-corrected chi connectivity index (χ0v) is 6.31. The maximum atomic E-state index is 10.8. The van der Waals surface area contributed by atoms with Crippen LogP contribution in [0.3, 0.4) is 0 Å². The Kier molecular flexibility index (Phi) is 2.12. The molecule has 0 N–H and O–H groups in total. The SMILES string of the molecule is Cc1coc(C(=O)CCl)c1. The van der Waals surface area contributed by atoms with Gasteiger partial charge in [0, 0.05) is 0 Å². The first-order chi connectivity index (χ1) is 4.74. The molecule has 0 spiro atoms. The Morgan fingerprint density at radius 3 is 2.90 bits per heavy atom. The van der Waals surface area contributed by atoms with Crippen molar-refractivity contribution in [2.24, 2.45) is 0 Å². The molecule has 0 aliphatic rings. The number of halogens is 1. The number of hydrogen-bond donors (Lipinski definition) is 0. The fraction of sp³-hybridized carbons (Fsp3) is 0.286. The Hall–Kier alpha value is -0.760. The molecular weight excluding hydrogens is 152 g/mol. The van der Waals surface area contributed by atoms with E-state index in [2.05, 4.69) is 0 Å². The van der Waals surface area contributed by atoms with E-state index in [1.54, 1.807) is 6.07 Å². The van der Waals surface area contributed by atoms with Gasteiger partial charge in [-0.15, -0.1) is 11.6 Å². The quantitative estimate of drug-likeness (QED) is 0.487. The molecule has 0 radical (unpaired) electrons. The van der Waals surface area contributed by atoms with Gasteiger partial charge < -0.3 is 4.42 Å². The summed E-state index contributed by atoms with van der Waals surface area (Å²) in [5.74, 6) is 0.148. The van der Waals surface area contributed by atoms with Gasteiger partial charge in [0.2, 0.25) is 5.78 Å². The number of Topliss-reactive ketones (excluding diaryl/α,β-unsaturated/α-hetero) is 1. The molecule has 1 rings (SSSR count). The molecule has 0 unspecified atom stereocenters. The van der Waals surface area contributed by atoms with E-state index < -0.39 is 0 Å². The molecule has 0 aliphatic carbocycles. The van der Waals surface area contributed by atoms with Crippen LogP contribution in [-0.2, 0) is 0 Å². The molecule has 0 amide bonds. The molecule has 0 aromatic carbocycles. The van der Waals surface area contributed by atoms with E-state index in [1.807, 2.05) is 6.92 Å². The Balaban J connectivity index is 2.85. The average molecular weight is 159 g/mol. The third-order valence-corrected chi connectivity index (χ3v) is 1.37. The first-order valence-electron chi connectivity index (χ1n) is 2.88. The zero-order chi connectivity index (χ0) is 7.56. The molecule has 10 heavy (non-hydrogen) atoms. The zero-order valence-electron chi connectivity index (χ0n) is 5.56. The number of furan rings is 1. The van der Waals surface area contributed by atoms with Gasteiger partial charge in [-0.3, -0.25) is 4.79 Å². The van der Waals surface area contributed by atoms with Crippen LogP contribution >= 0.6 is 11.6 Å². The van der Waals surface area contributed by atoms with E-state index in [-0.39, 0.29) is 11.7 Å². The summed E-state index contributed by atoms with van der Waals surface area (Å²) < 4.78 is 4.88. The number of hydrogen-bond acceptors (Lipinski definition) is 2. The highest BCUT2D eigenvalue weighted by atomic mass is 35.5. The second kappa shape index (κ2) is 2.88. The van der Waals surface area contributed by atoms with Gasteiger partial charge >= 0.3 is 0 Å². The molecule has 1 aromatic rings. The average Bonchev–Trinajstić information content (AvgIpc) is 2.34. The van der Waals surface area contributed by atoms with Gasteiger partial charge in [0.1, 0.15) is 0 Å². The number of ketones is 1. The lowest BCUT2D eigenvalue weighted by molar-refractivity contribution is 0.0990. The summed E-state index contributed by atoms with van der Waals surface area (Å²) in [6.45, 7) is 1.86. The summed E-state index contributed by atoms with van der Waals surface area (Å²) in [6.07, 6.45) is 1.53. The monoisotopic (exact) mass is 158 g/mol. The van der Waals surface area contributed by atoms with Crippen molar-refractivity contribution in [3.63, 3.8) is 0 Å². The van der Waals surface area contributed by atoms with E-state index in [1.165, 1.54) is 6.26 Å². The predicted octanol–water partition coefficient (Wildman–Crippen LogP) is 2.01. The van der Waals surface area contributed by atoms with Crippen LogP contribution in [0.2, 0.25) is 0 Å². The number of carbonyl (C=O) groups excluding carboxylic acids is 1. The fourth-order valence-electron chi connectivity index (χ4n) is 0.643. The summed E-state index contributed by atoms with van der Waals surface area (Å²) in [6, 6.07) is 1.67. The Labute approximate surface area is 63.8 Å². The van der Waals surface area contributed by atoms with Gasteiger partial charge in [0.25, 0.3) is 0 Å². The van der Waals surface area contributed by atoms with Gasteiger partial charge in [-0.2, -0.15) is 0 Å². The topological polar surface area (TPSA) is 30.2 Å².